The first kappa shape index (κ1) is 21.5. The number of hydrogen-bond acceptors (Lipinski definition) is 5. The molecule has 0 saturated carbocycles. The molecule has 1 aromatic carbocycles. The molecular formula is C21H25BrFN3O3. The lowest BCUT2D eigenvalue weighted by molar-refractivity contribution is -0.127. The molecule has 0 spiro atoms. The smallest absolute Gasteiger partial charge is 0.261 e. The minimum atomic E-state index is -0.722. The third kappa shape index (κ3) is 5.90. The average Bonchev–Trinajstić information content (AvgIpc) is 2.68. The number of morpholine rings is 1. The zero-order valence-electron chi connectivity index (χ0n) is 16.7. The van der Waals surface area contributed by atoms with Gasteiger partial charge in [-0.05, 0) is 66.5 Å². The first-order valence-electron chi connectivity index (χ1n) is 9.56. The zero-order valence-corrected chi connectivity index (χ0v) is 18.3. The lowest BCUT2D eigenvalue weighted by atomic mass is 10.2. The first-order chi connectivity index (χ1) is 13.8. The van der Waals surface area contributed by atoms with Crippen molar-refractivity contribution in [1.82, 2.24) is 10.3 Å². The largest absolute Gasteiger partial charge is 0.480 e. The molecule has 0 aliphatic carbocycles. The number of anilines is 1. The Kier molecular flexibility index (Phi) is 7.08. The van der Waals surface area contributed by atoms with Gasteiger partial charge in [-0.15, -0.1) is 0 Å². The van der Waals surface area contributed by atoms with Gasteiger partial charge < -0.3 is 19.7 Å². The third-order valence-corrected chi connectivity index (χ3v) is 5.21. The van der Waals surface area contributed by atoms with Crippen molar-refractivity contribution >= 4 is 27.7 Å². The second-order valence-corrected chi connectivity index (χ2v) is 8.09. The second-order valence-electron chi connectivity index (χ2n) is 7.24. The molecule has 3 atom stereocenters. The molecule has 29 heavy (non-hydrogen) atoms. The van der Waals surface area contributed by atoms with Crippen molar-refractivity contribution in [3.8, 4) is 5.75 Å². The van der Waals surface area contributed by atoms with E-state index >= 15 is 0 Å². The molecule has 1 saturated heterocycles. The maximum Gasteiger partial charge on any atom is 0.261 e. The van der Waals surface area contributed by atoms with E-state index in [2.05, 4.69) is 45.0 Å². The van der Waals surface area contributed by atoms with Crippen LogP contribution in [0.3, 0.4) is 0 Å². The Morgan fingerprint density at radius 2 is 2.07 bits per heavy atom. The van der Waals surface area contributed by atoms with Gasteiger partial charge in [-0.2, -0.15) is 0 Å². The number of pyridine rings is 1. The van der Waals surface area contributed by atoms with Crippen LogP contribution in [0.4, 0.5) is 10.2 Å². The van der Waals surface area contributed by atoms with E-state index in [0.29, 0.717) is 16.8 Å². The van der Waals surface area contributed by atoms with Gasteiger partial charge in [-0.25, -0.2) is 9.37 Å². The summed E-state index contributed by atoms with van der Waals surface area (Å²) >= 11 is 3.23. The molecule has 1 aliphatic heterocycles. The van der Waals surface area contributed by atoms with Crippen LogP contribution in [0, 0.1) is 5.82 Å². The number of benzene rings is 1. The predicted octanol–water partition coefficient (Wildman–Crippen LogP) is 3.68. The fraction of sp³-hybridized carbons (Fsp3) is 0.429. The van der Waals surface area contributed by atoms with E-state index in [-0.39, 0.29) is 23.9 Å². The minimum absolute atomic E-state index is 0.169. The Bertz CT molecular complexity index is 840. The van der Waals surface area contributed by atoms with Crippen molar-refractivity contribution in [3.05, 3.63) is 52.4 Å². The molecule has 1 aliphatic rings. The van der Waals surface area contributed by atoms with Gasteiger partial charge in [0.1, 0.15) is 17.4 Å². The van der Waals surface area contributed by atoms with Gasteiger partial charge in [0.05, 0.1) is 16.7 Å². The van der Waals surface area contributed by atoms with Crippen molar-refractivity contribution in [2.75, 3.05) is 18.0 Å². The van der Waals surface area contributed by atoms with Crippen molar-refractivity contribution < 1.29 is 18.7 Å². The van der Waals surface area contributed by atoms with Crippen LogP contribution in [0.5, 0.6) is 5.75 Å². The number of rotatable bonds is 6. The zero-order chi connectivity index (χ0) is 21.0. The Morgan fingerprint density at radius 3 is 2.69 bits per heavy atom. The third-order valence-electron chi connectivity index (χ3n) is 4.59. The molecule has 3 rings (SSSR count). The van der Waals surface area contributed by atoms with Crippen LogP contribution < -0.4 is 15.0 Å². The van der Waals surface area contributed by atoms with Crippen molar-refractivity contribution in [1.29, 1.82) is 0 Å². The molecule has 156 valence electrons. The molecule has 8 heteroatoms. The number of amides is 1. The Labute approximate surface area is 178 Å². The molecule has 1 N–H and O–H groups in total. The molecule has 1 aromatic heterocycles. The number of hydrogen-bond donors (Lipinski definition) is 1. The molecule has 3 unspecified atom stereocenters. The van der Waals surface area contributed by atoms with Gasteiger partial charge in [0, 0.05) is 25.8 Å². The number of nitrogens with one attached hydrogen (secondary N) is 1. The quantitative estimate of drug-likeness (QED) is 0.704. The number of halogens is 2. The van der Waals surface area contributed by atoms with Gasteiger partial charge in [0.25, 0.3) is 5.91 Å². The van der Waals surface area contributed by atoms with E-state index in [1.807, 2.05) is 12.1 Å². The second kappa shape index (κ2) is 9.54. The SMILES string of the molecule is CC1CN(c2ccc(CNC(=O)C(C)Oc3ccc(F)cc3Br)cn2)CC(C)O1. The maximum atomic E-state index is 13.2. The van der Waals surface area contributed by atoms with E-state index in [1.54, 1.807) is 13.1 Å². The highest BCUT2D eigenvalue weighted by molar-refractivity contribution is 9.10. The van der Waals surface area contributed by atoms with Crippen LogP contribution in [0.2, 0.25) is 0 Å². The molecule has 1 amide bonds. The minimum Gasteiger partial charge on any atom is -0.480 e. The van der Waals surface area contributed by atoms with E-state index in [4.69, 9.17) is 9.47 Å². The van der Waals surface area contributed by atoms with Crippen LogP contribution >= 0.6 is 15.9 Å². The van der Waals surface area contributed by atoms with Crippen LogP contribution in [0.25, 0.3) is 0 Å². The summed E-state index contributed by atoms with van der Waals surface area (Å²) in [5.41, 5.74) is 0.895. The lowest BCUT2D eigenvalue weighted by Crippen LogP contribution is -2.45. The summed E-state index contributed by atoms with van der Waals surface area (Å²) in [7, 11) is 0. The van der Waals surface area contributed by atoms with Gasteiger partial charge in [0.2, 0.25) is 0 Å². The summed E-state index contributed by atoms with van der Waals surface area (Å²) in [6.07, 6.45) is 1.38. The molecule has 1 fully saturated rings. The Morgan fingerprint density at radius 1 is 1.34 bits per heavy atom. The molecule has 0 radical (unpaired) electrons. The summed E-state index contributed by atoms with van der Waals surface area (Å²) in [6, 6.07) is 7.98. The summed E-state index contributed by atoms with van der Waals surface area (Å²) in [6.45, 7) is 7.72. The fourth-order valence-corrected chi connectivity index (χ4v) is 3.67. The van der Waals surface area contributed by atoms with Gasteiger partial charge >= 0.3 is 0 Å². The van der Waals surface area contributed by atoms with Crippen LogP contribution in [-0.2, 0) is 16.1 Å². The Hall–Kier alpha value is -2.19. The molecule has 2 heterocycles. The molecule has 2 aromatic rings. The lowest BCUT2D eigenvalue weighted by Gasteiger charge is -2.36. The van der Waals surface area contributed by atoms with E-state index in [0.717, 1.165) is 24.5 Å². The summed E-state index contributed by atoms with van der Waals surface area (Å²) in [5.74, 6) is 0.674. The van der Waals surface area contributed by atoms with Crippen LogP contribution in [0.15, 0.2) is 41.0 Å². The number of nitrogens with zero attached hydrogens (tertiary/aromatic N) is 2. The maximum absolute atomic E-state index is 13.2. The predicted molar refractivity (Wildman–Crippen MR) is 112 cm³/mol. The number of carbonyl (C=O) groups is 1. The van der Waals surface area contributed by atoms with Crippen molar-refractivity contribution in [2.45, 2.75) is 45.6 Å². The average molecular weight is 466 g/mol. The van der Waals surface area contributed by atoms with Crippen molar-refractivity contribution in [3.63, 3.8) is 0 Å². The molecular weight excluding hydrogens is 441 g/mol. The normalized spacial score (nSPS) is 20.2. The van der Waals surface area contributed by atoms with Gasteiger partial charge in [-0.3, -0.25) is 4.79 Å². The number of carbonyl (C=O) groups excluding carboxylic acids is 1. The van der Waals surface area contributed by atoms with Crippen molar-refractivity contribution in [2.24, 2.45) is 0 Å². The highest BCUT2D eigenvalue weighted by atomic mass is 79.9. The summed E-state index contributed by atoms with van der Waals surface area (Å²) in [5, 5.41) is 2.84. The monoisotopic (exact) mass is 465 g/mol. The van der Waals surface area contributed by atoms with E-state index < -0.39 is 6.10 Å². The van der Waals surface area contributed by atoms with Gasteiger partial charge in [0.15, 0.2) is 6.10 Å². The molecule has 6 nitrogen and oxygen atoms in total. The fourth-order valence-electron chi connectivity index (χ4n) is 3.22. The Balaban J connectivity index is 1.52. The van der Waals surface area contributed by atoms with E-state index in [9.17, 15) is 9.18 Å². The highest BCUT2D eigenvalue weighted by Crippen LogP contribution is 2.26. The standard InChI is InChI=1S/C21H25BrFN3O3/c1-13-11-26(12-14(2)28-13)20-7-4-16(9-24-20)10-25-21(27)15(3)29-19-6-5-17(23)8-18(19)22/h4-9,13-15H,10-12H2,1-3H3,(H,25,27). The number of ether oxygens (including phenoxy) is 2. The topological polar surface area (TPSA) is 63.7 Å². The highest BCUT2D eigenvalue weighted by Gasteiger charge is 2.23. The first-order valence-corrected chi connectivity index (χ1v) is 10.4. The summed E-state index contributed by atoms with van der Waals surface area (Å²) in [4.78, 5) is 19.1. The van der Waals surface area contributed by atoms with E-state index in [1.165, 1.54) is 18.2 Å². The number of aromatic nitrogens is 1. The van der Waals surface area contributed by atoms with Crippen LogP contribution in [0.1, 0.15) is 26.3 Å². The van der Waals surface area contributed by atoms with Crippen LogP contribution in [-0.4, -0.2) is 42.3 Å². The summed E-state index contributed by atoms with van der Waals surface area (Å²) < 4.78 is 25.0. The van der Waals surface area contributed by atoms with Gasteiger partial charge in [-0.1, -0.05) is 6.07 Å². The molecule has 0 bridgehead atoms.